The summed E-state index contributed by atoms with van der Waals surface area (Å²) in [4.78, 5) is 58.4. The van der Waals surface area contributed by atoms with Crippen LogP contribution in [0, 0.1) is 29.6 Å². The summed E-state index contributed by atoms with van der Waals surface area (Å²) in [6.45, 7) is 11.8. The van der Waals surface area contributed by atoms with E-state index in [0.717, 1.165) is 29.7 Å². The molecule has 0 radical (unpaired) electrons. The Balaban J connectivity index is 1.43. The first-order valence-electron chi connectivity index (χ1n) is 24.5. The number of benzene rings is 1. The van der Waals surface area contributed by atoms with Crippen LogP contribution in [-0.4, -0.2) is 135 Å². The van der Waals surface area contributed by atoms with Gasteiger partial charge in [0.2, 0.25) is 5.79 Å². The van der Waals surface area contributed by atoms with E-state index in [2.05, 4.69) is 13.0 Å². The van der Waals surface area contributed by atoms with Crippen molar-refractivity contribution in [2.24, 2.45) is 29.6 Å². The van der Waals surface area contributed by atoms with Gasteiger partial charge in [-0.05, 0) is 113 Å². The van der Waals surface area contributed by atoms with Crippen LogP contribution in [0.4, 0.5) is 0 Å². The number of ether oxygens (including phenoxy) is 7. The van der Waals surface area contributed by atoms with Crippen LogP contribution in [0.5, 0.6) is 5.75 Å². The van der Waals surface area contributed by atoms with Gasteiger partial charge >= 0.3 is 5.97 Å². The number of amides is 1. The zero-order valence-corrected chi connectivity index (χ0v) is 41.6. The Bertz CT molecular complexity index is 1900. The van der Waals surface area contributed by atoms with E-state index in [1.807, 2.05) is 63.3 Å². The number of carbonyl (C=O) groups is 4. The standard InChI is InChI=1S/C53H79NO13/c1-11-39-26-32(2)25-33(3)27-46(63-9)49-47(64-10)29-35(5)53(60,67-49)50(57)51(58)54-23-13-12-16-41(54)52(59)66-48(36(6)42(55)31-43(39)56)34(4)28-38-19-22-44(45(30-38)62-8)65-24-14-15-37-17-20-40(61-7)21-18-37/h14-15,17-18,20-21,26,28,33,35-36,38-39,41-42,44-49,55,60H,11-13,16,19,22-25,27,29-31H2,1-10H3/b15-14+,32-26+,34-28+/t33-,35+,36+,38-,39+,41-,42-,44+,45+,46-,47-,48+,49+,53+/m0/s1. The number of piperidine rings is 1. The summed E-state index contributed by atoms with van der Waals surface area (Å²) >= 11 is 0. The zero-order valence-electron chi connectivity index (χ0n) is 41.6. The SMILES string of the molecule is CC[C@@H]1/C=C(\C)C[C@H](C)C[C@H](OC)[C@H]2O[C@@](O)(C(=O)C(=O)N3CCCC[C@H]3C(=O)O[C@H](/C(C)=C/[C@@H]3CC[C@@H](OC/C=C/c4ccc(OC)cc4)[C@H](OC)C3)[C@H](C)[C@@H](O)CC1=O)[C@H](C)C[C@@H]2OC. The van der Waals surface area contributed by atoms with E-state index in [0.29, 0.717) is 50.7 Å². The van der Waals surface area contributed by atoms with Gasteiger partial charge in [0.15, 0.2) is 0 Å². The molecule has 374 valence electrons. The monoisotopic (exact) mass is 938 g/mol. The number of hydrogen-bond acceptors (Lipinski definition) is 13. The molecule has 1 saturated carbocycles. The third kappa shape index (κ3) is 13.7. The number of hydrogen-bond donors (Lipinski definition) is 2. The number of rotatable bonds is 11. The average Bonchev–Trinajstić information content (AvgIpc) is 3.32. The van der Waals surface area contributed by atoms with E-state index in [1.54, 1.807) is 28.1 Å². The Morgan fingerprint density at radius 2 is 1.57 bits per heavy atom. The van der Waals surface area contributed by atoms with E-state index in [1.165, 1.54) is 19.1 Å². The quantitative estimate of drug-likeness (QED) is 0.129. The van der Waals surface area contributed by atoms with Gasteiger partial charge in [0.1, 0.15) is 29.8 Å². The number of fused-ring (bicyclic) bond motifs is 3. The molecule has 1 aromatic rings. The molecule has 2 bridgehead atoms. The molecule has 2 N–H and O–H groups in total. The molecule has 1 aromatic carbocycles. The summed E-state index contributed by atoms with van der Waals surface area (Å²) < 4.78 is 42.0. The molecule has 3 heterocycles. The molecule has 5 rings (SSSR count). The molecule has 4 aliphatic rings. The second-order valence-electron chi connectivity index (χ2n) is 19.6. The Kier molecular flexibility index (Phi) is 20.4. The van der Waals surface area contributed by atoms with Crippen molar-refractivity contribution in [2.45, 2.75) is 167 Å². The van der Waals surface area contributed by atoms with Crippen molar-refractivity contribution in [3.05, 3.63) is 59.2 Å². The molecule has 0 spiro atoms. The number of cyclic esters (lactones) is 1. The highest BCUT2D eigenvalue weighted by Gasteiger charge is 2.56. The summed E-state index contributed by atoms with van der Waals surface area (Å²) in [6, 6.07) is 6.64. The van der Waals surface area contributed by atoms with Crippen molar-refractivity contribution in [3.63, 3.8) is 0 Å². The van der Waals surface area contributed by atoms with Crippen LogP contribution in [0.1, 0.15) is 118 Å². The van der Waals surface area contributed by atoms with Crippen LogP contribution in [-0.2, 0) is 47.6 Å². The lowest BCUT2D eigenvalue weighted by Gasteiger charge is -2.47. The van der Waals surface area contributed by atoms with Gasteiger partial charge in [-0.3, -0.25) is 14.4 Å². The molecule has 2 saturated heterocycles. The fraction of sp³-hybridized carbons (Fsp3) is 0.698. The zero-order chi connectivity index (χ0) is 49.0. The van der Waals surface area contributed by atoms with Gasteiger partial charge in [-0.15, -0.1) is 0 Å². The van der Waals surface area contributed by atoms with Crippen LogP contribution in [0.2, 0.25) is 0 Å². The maximum Gasteiger partial charge on any atom is 0.329 e. The summed E-state index contributed by atoms with van der Waals surface area (Å²) in [5.74, 6) is -6.69. The van der Waals surface area contributed by atoms with Gasteiger partial charge in [0.25, 0.3) is 11.7 Å². The highest BCUT2D eigenvalue weighted by atomic mass is 16.7. The maximum absolute atomic E-state index is 14.5. The number of aliphatic hydroxyl groups excluding tert-OH is 1. The summed E-state index contributed by atoms with van der Waals surface area (Å²) in [6.07, 6.45) is 8.72. The second kappa shape index (κ2) is 25.2. The molecule has 67 heavy (non-hydrogen) atoms. The first-order valence-corrected chi connectivity index (χ1v) is 24.5. The summed E-state index contributed by atoms with van der Waals surface area (Å²) in [7, 11) is 6.39. The van der Waals surface area contributed by atoms with Gasteiger partial charge in [0, 0.05) is 52.0 Å². The number of carbonyl (C=O) groups excluding carboxylic acids is 4. The molecule has 0 aromatic heterocycles. The van der Waals surface area contributed by atoms with Crippen molar-refractivity contribution in [3.8, 4) is 5.75 Å². The fourth-order valence-corrected chi connectivity index (χ4v) is 10.6. The minimum absolute atomic E-state index is 0.0253. The molecule has 0 unspecified atom stereocenters. The number of ketones is 2. The maximum atomic E-state index is 14.5. The van der Waals surface area contributed by atoms with E-state index >= 15 is 0 Å². The smallest absolute Gasteiger partial charge is 0.329 e. The van der Waals surface area contributed by atoms with Crippen LogP contribution >= 0.6 is 0 Å². The van der Waals surface area contributed by atoms with Crippen molar-refractivity contribution in [1.29, 1.82) is 0 Å². The summed E-state index contributed by atoms with van der Waals surface area (Å²) in [5.41, 5.74) is 2.72. The first kappa shape index (κ1) is 54.2. The first-order chi connectivity index (χ1) is 32.0. The Morgan fingerprint density at radius 3 is 2.22 bits per heavy atom. The second-order valence-corrected chi connectivity index (χ2v) is 19.6. The van der Waals surface area contributed by atoms with Gasteiger partial charge in [0.05, 0.1) is 44.2 Å². The predicted octanol–water partition coefficient (Wildman–Crippen LogP) is 7.22. The number of Topliss-reactive ketones (excluding diaryl/α,β-unsaturated/α-hetero) is 2. The number of esters is 1. The molecule has 1 amide bonds. The molecular weight excluding hydrogens is 859 g/mol. The molecule has 3 aliphatic heterocycles. The van der Waals surface area contributed by atoms with Gasteiger partial charge in [-0.2, -0.15) is 0 Å². The molecule has 1 aliphatic carbocycles. The summed E-state index contributed by atoms with van der Waals surface area (Å²) in [5, 5.41) is 24.0. The number of allylic oxidation sites excluding steroid dienone is 3. The number of aliphatic hydroxyl groups is 2. The highest BCUT2D eigenvalue weighted by Crippen LogP contribution is 2.39. The topological polar surface area (TPSA) is 177 Å². The lowest BCUT2D eigenvalue weighted by molar-refractivity contribution is -0.302. The van der Waals surface area contributed by atoms with Gasteiger partial charge < -0.3 is 48.3 Å². The molecule has 14 atom stereocenters. The number of methoxy groups -OCH3 is 4. The minimum atomic E-state index is -2.51. The normalized spacial score (nSPS) is 36.7. The minimum Gasteiger partial charge on any atom is -0.497 e. The van der Waals surface area contributed by atoms with E-state index in [9.17, 15) is 29.4 Å². The van der Waals surface area contributed by atoms with Gasteiger partial charge in [-0.25, -0.2) is 4.79 Å². The predicted molar refractivity (Wildman–Crippen MR) is 254 cm³/mol. The van der Waals surface area contributed by atoms with Crippen molar-refractivity contribution in [1.82, 2.24) is 4.90 Å². The fourth-order valence-electron chi connectivity index (χ4n) is 10.6. The Labute approximate surface area is 398 Å². The Morgan fingerprint density at radius 1 is 0.881 bits per heavy atom. The lowest BCUT2D eigenvalue weighted by atomic mass is 9.81. The van der Waals surface area contributed by atoms with Gasteiger partial charge in [-0.1, -0.05) is 69.7 Å². The van der Waals surface area contributed by atoms with Crippen LogP contribution in [0.15, 0.2) is 53.6 Å². The molecule has 14 heteroatoms. The van der Waals surface area contributed by atoms with Crippen molar-refractivity contribution >= 4 is 29.5 Å². The number of nitrogens with zero attached hydrogens (tertiary/aromatic N) is 1. The molecule has 3 fully saturated rings. The Hall–Kier alpha value is -3.76. The third-order valence-electron chi connectivity index (χ3n) is 14.7. The van der Waals surface area contributed by atoms with E-state index in [4.69, 9.17) is 33.2 Å². The van der Waals surface area contributed by atoms with E-state index < -0.39 is 77.8 Å². The largest absolute Gasteiger partial charge is 0.497 e. The van der Waals surface area contributed by atoms with Crippen molar-refractivity contribution < 1.29 is 62.5 Å². The van der Waals surface area contributed by atoms with Crippen LogP contribution in [0.3, 0.4) is 0 Å². The van der Waals surface area contributed by atoms with Crippen LogP contribution in [0.25, 0.3) is 6.08 Å². The van der Waals surface area contributed by atoms with Crippen molar-refractivity contribution in [2.75, 3.05) is 41.6 Å². The highest BCUT2D eigenvalue weighted by molar-refractivity contribution is 6.39. The molecule has 14 nitrogen and oxygen atoms in total. The lowest BCUT2D eigenvalue weighted by Crippen LogP contribution is -2.64. The molecular formula is C53H79NO13. The average molecular weight is 938 g/mol. The van der Waals surface area contributed by atoms with E-state index in [-0.39, 0.29) is 55.6 Å². The van der Waals surface area contributed by atoms with Crippen LogP contribution < -0.4 is 4.74 Å². The third-order valence-corrected chi connectivity index (χ3v) is 14.7.